The van der Waals surface area contributed by atoms with Crippen molar-refractivity contribution >= 4 is 11.8 Å². The molecule has 0 spiro atoms. The Kier molecular flexibility index (Phi) is 4.89. The quantitative estimate of drug-likeness (QED) is 0.620. The molecule has 0 saturated carbocycles. The fraction of sp³-hybridized carbons (Fsp3) is 0.176. The van der Waals surface area contributed by atoms with Crippen LogP contribution < -0.4 is 0 Å². The average molecular weight is 349 g/mol. The topological polar surface area (TPSA) is 30.7 Å². The Bertz CT molecular complexity index is 786. The summed E-state index contributed by atoms with van der Waals surface area (Å²) in [5, 5.41) is 0.330. The van der Waals surface area contributed by atoms with Gasteiger partial charge in [-0.3, -0.25) is 4.98 Å². The van der Waals surface area contributed by atoms with Gasteiger partial charge in [0.25, 0.3) is 0 Å². The van der Waals surface area contributed by atoms with E-state index >= 15 is 0 Å². The first-order valence-corrected chi connectivity index (χ1v) is 8.22. The van der Waals surface area contributed by atoms with Crippen LogP contribution in [0, 0.1) is 0 Å². The summed E-state index contributed by atoms with van der Waals surface area (Å²) in [4.78, 5) is 8.37. The molecule has 0 unspecified atom stereocenters. The second kappa shape index (κ2) is 7.09. The lowest BCUT2D eigenvalue weighted by molar-refractivity contribution is -0.141. The normalized spacial score (nSPS) is 11.6. The summed E-state index contributed by atoms with van der Waals surface area (Å²) in [5.74, 6) is 0.462. The van der Waals surface area contributed by atoms with E-state index in [4.69, 9.17) is 0 Å². The van der Waals surface area contributed by atoms with Crippen molar-refractivity contribution in [3.63, 3.8) is 0 Å². The van der Waals surface area contributed by atoms with Gasteiger partial charge in [-0.25, -0.2) is 4.98 Å². The zero-order valence-corrected chi connectivity index (χ0v) is 13.4. The van der Waals surface area contributed by atoms with Crippen molar-refractivity contribution in [2.24, 2.45) is 0 Å². The molecule has 1 aromatic carbocycles. The highest BCUT2D eigenvalue weighted by Crippen LogP contribution is 2.31. The monoisotopic (exact) mass is 349 g/mol. The van der Waals surface area contributed by atoms with E-state index in [-0.39, 0.29) is 0 Å². The van der Waals surface area contributed by atoms with Gasteiger partial charge in [0.15, 0.2) is 5.16 Å². The van der Waals surface area contributed by atoms with Crippen LogP contribution in [0.25, 0.3) is 11.3 Å². The van der Waals surface area contributed by atoms with Crippen LogP contribution in [0.1, 0.15) is 5.69 Å². The molecular weight excluding hydrogens is 335 g/mol. The van der Waals surface area contributed by atoms with E-state index in [1.165, 1.54) is 22.5 Å². The third-order valence-corrected chi connectivity index (χ3v) is 4.33. The average Bonchev–Trinajstić information content (AvgIpc) is 2.95. The number of halogens is 3. The van der Waals surface area contributed by atoms with E-state index in [0.717, 1.165) is 5.69 Å². The second-order valence-corrected chi connectivity index (χ2v) is 6.05. The Hall–Kier alpha value is -2.28. The SMILES string of the molecule is FC(F)(F)Cn1c(-c2ccccc2)cnc1SCc1ccccn1. The molecule has 0 atom stereocenters. The van der Waals surface area contributed by atoms with Crippen LogP contribution in [0.3, 0.4) is 0 Å². The van der Waals surface area contributed by atoms with Crippen molar-refractivity contribution < 1.29 is 13.2 Å². The van der Waals surface area contributed by atoms with Crippen molar-refractivity contribution in [1.82, 2.24) is 14.5 Å². The highest BCUT2D eigenvalue weighted by Gasteiger charge is 2.30. The highest BCUT2D eigenvalue weighted by atomic mass is 32.2. The molecule has 0 aliphatic carbocycles. The van der Waals surface area contributed by atoms with Gasteiger partial charge in [-0.05, 0) is 17.7 Å². The fourth-order valence-corrected chi connectivity index (χ4v) is 3.16. The molecular formula is C17H14F3N3S. The van der Waals surface area contributed by atoms with Crippen molar-refractivity contribution in [3.8, 4) is 11.3 Å². The maximum Gasteiger partial charge on any atom is 0.406 e. The second-order valence-electron chi connectivity index (χ2n) is 5.10. The molecule has 0 radical (unpaired) electrons. The molecule has 24 heavy (non-hydrogen) atoms. The van der Waals surface area contributed by atoms with E-state index in [2.05, 4.69) is 9.97 Å². The van der Waals surface area contributed by atoms with Gasteiger partial charge in [-0.15, -0.1) is 0 Å². The predicted molar refractivity (Wildman–Crippen MR) is 87.5 cm³/mol. The smallest absolute Gasteiger partial charge is 0.310 e. The van der Waals surface area contributed by atoms with Gasteiger partial charge in [-0.2, -0.15) is 13.2 Å². The molecule has 0 aliphatic rings. The first-order valence-electron chi connectivity index (χ1n) is 7.23. The molecule has 0 N–H and O–H groups in total. The number of pyridine rings is 1. The summed E-state index contributed by atoms with van der Waals surface area (Å²) in [6.45, 7) is -1.07. The molecule has 7 heteroatoms. The van der Waals surface area contributed by atoms with E-state index < -0.39 is 12.7 Å². The van der Waals surface area contributed by atoms with Crippen molar-refractivity contribution in [1.29, 1.82) is 0 Å². The minimum absolute atomic E-state index is 0.330. The zero-order valence-electron chi connectivity index (χ0n) is 12.6. The Balaban J connectivity index is 1.89. The maximum atomic E-state index is 13.0. The van der Waals surface area contributed by atoms with Crippen LogP contribution in [0.4, 0.5) is 13.2 Å². The summed E-state index contributed by atoms with van der Waals surface area (Å²) in [7, 11) is 0. The van der Waals surface area contributed by atoms with E-state index in [1.54, 1.807) is 36.5 Å². The Morgan fingerprint density at radius 3 is 2.38 bits per heavy atom. The predicted octanol–water partition coefficient (Wildman–Crippen LogP) is 4.80. The number of thioether (sulfide) groups is 1. The summed E-state index contributed by atoms with van der Waals surface area (Å²) >= 11 is 1.25. The number of rotatable bonds is 5. The standard InChI is InChI=1S/C17H14F3N3S/c18-17(19,20)12-23-15(13-6-2-1-3-7-13)10-22-16(23)24-11-14-8-4-5-9-21-14/h1-10H,11-12H2. The number of benzene rings is 1. The molecule has 2 aromatic heterocycles. The molecule has 3 aromatic rings. The minimum atomic E-state index is -4.31. The molecule has 3 nitrogen and oxygen atoms in total. The number of imidazole rings is 1. The van der Waals surface area contributed by atoms with E-state index in [0.29, 0.717) is 22.2 Å². The molecule has 0 fully saturated rings. The van der Waals surface area contributed by atoms with Gasteiger partial charge < -0.3 is 4.57 Å². The van der Waals surface area contributed by atoms with Crippen LogP contribution in [0.15, 0.2) is 66.1 Å². The van der Waals surface area contributed by atoms with Crippen LogP contribution in [-0.4, -0.2) is 20.7 Å². The minimum Gasteiger partial charge on any atom is -0.310 e. The molecule has 0 aliphatic heterocycles. The van der Waals surface area contributed by atoms with Gasteiger partial charge >= 0.3 is 6.18 Å². The molecule has 124 valence electrons. The zero-order chi connectivity index (χ0) is 17.0. The van der Waals surface area contributed by atoms with Crippen LogP contribution in [0.5, 0.6) is 0 Å². The van der Waals surface area contributed by atoms with Gasteiger partial charge in [0, 0.05) is 11.9 Å². The van der Waals surface area contributed by atoms with Crippen molar-refractivity contribution in [2.45, 2.75) is 23.6 Å². The lowest BCUT2D eigenvalue weighted by atomic mass is 10.2. The molecule has 2 heterocycles. The largest absolute Gasteiger partial charge is 0.406 e. The summed E-state index contributed by atoms with van der Waals surface area (Å²) in [5.41, 5.74) is 1.96. The lowest BCUT2D eigenvalue weighted by Crippen LogP contribution is -2.19. The first-order chi connectivity index (χ1) is 11.5. The van der Waals surface area contributed by atoms with Crippen molar-refractivity contribution in [3.05, 3.63) is 66.6 Å². The molecule has 0 bridgehead atoms. The van der Waals surface area contributed by atoms with Crippen LogP contribution in [-0.2, 0) is 12.3 Å². The van der Waals surface area contributed by atoms with Gasteiger partial charge in [-0.1, -0.05) is 48.2 Å². The molecule has 3 rings (SSSR count). The first kappa shape index (κ1) is 16.6. The number of alkyl halides is 3. The Labute approximate surface area is 141 Å². The third kappa shape index (κ3) is 4.17. The number of hydrogen-bond donors (Lipinski definition) is 0. The number of aromatic nitrogens is 3. The highest BCUT2D eigenvalue weighted by molar-refractivity contribution is 7.98. The van der Waals surface area contributed by atoms with Gasteiger partial charge in [0.05, 0.1) is 17.6 Å². The van der Waals surface area contributed by atoms with Gasteiger partial charge in [0.1, 0.15) is 6.54 Å². The fourth-order valence-electron chi connectivity index (χ4n) is 2.27. The Morgan fingerprint density at radius 1 is 0.958 bits per heavy atom. The van der Waals surface area contributed by atoms with E-state index in [1.807, 2.05) is 18.2 Å². The maximum absolute atomic E-state index is 13.0. The number of hydrogen-bond acceptors (Lipinski definition) is 3. The van der Waals surface area contributed by atoms with Crippen LogP contribution in [0.2, 0.25) is 0 Å². The van der Waals surface area contributed by atoms with Crippen molar-refractivity contribution in [2.75, 3.05) is 0 Å². The van der Waals surface area contributed by atoms with Gasteiger partial charge in [0.2, 0.25) is 0 Å². The molecule has 0 amide bonds. The third-order valence-electron chi connectivity index (χ3n) is 3.30. The summed E-state index contributed by atoms with van der Waals surface area (Å²) in [6.07, 6.45) is -1.17. The summed E-state index contributed by atoms with van der Waals surface area (Å²) < 4.78 is 40.2. The van der Waals surface area contributed by atoms with E-state index in [9.17, 15) is 13.2 Å². The summed E-state index contributed by atoms with van der Waals surface area (Å²) in [6, 6.07) is 14.4. The number of nitrogens with zero attached hydrogens (tertiary/aromatic N) is 3. The lowest BCUT2D eigenvalue weighted by Gasteiger charge is -2.14. The van der Waals surface area contributed by atoms with Crippen LogP contribution >= 0.6 is 11.8 Å². The Morgan fingerprint density at radius 2 is 1.71 bits per heavy atom. The molecule has 0 saturated heterocycles.